The van der Waals surface area contributed by atoms with Crippen LogP contribution in [-0.4, -0.2) is 29.7 Å². The molecule has 6 nitrogen and oxygen atoms in total. The van der Waals surface area contributed by atoms with Crippen molar-refractivity contribution in [3.05, 3.63) is 54.1 Å². The lowest BCUT2D eigenvalue weighted by Crippen LogP contribution is -2.58. The van der Waals surface area contributed by atoms with Gasteiger partial charge in [0.25, 0.3) is 5.91 Å². The maximum atomic E-state index is 12.9. The lowest BCUT2D eigenvalue weighted by atomic mass is 10.1. The summed E-state index contributed by atoms with van der Waals surface area (Å²) < 4.78 is 5.52. The van der Waals surface area contributed by atoms with Crippen LogP contribution >= 0.6 is 12.2 Å². The summed E-state index contributed by atoms with van der Waals surface area (Å²) in [6, 6.07) is 14.5. The van der Waals surface area contributed by atoms with E-state index in [4.69, 9.17) is 17.0 Å². The first-order chi connectivity index (χ1) is 13.0. The minimum Gasteiger partial charge on any atom is -0.492 e. The number of para-hydroxylation sites is 2. The molecule has 1 N–H and O–H groups in total. The fourth-order valence-corrected chi connectivity index (χ4v) is 2.95. The van der Waals surface area contributed by atoms with E-state index in [1.54, 1.807) is 24.3 Å². The highest BCUT2D eigenvalue weighted by atomic mass is 32.1. The third kappa shape index (κ3) is 4.03. The van der Waals surface area contributed by atoms with E-state index in [2.05, 4.69) is 10.3 Å². The number of ether oxygens (including phenoxy) is 1. The van der Waals surface area contributed by atoms with Crippen LogP contribution in [0.1, 0.15) is 12.5 Å². The Balaban J connectivity index is 1.89. The molecule has 2 aromatic rings. The fourth-order valence-electron chi connectivity index (χ4n) is 2.66. The number of aliphatic imine (C=N–C) groups is 1. The van der Waals surface area contributed by atoms with Crippen molar-refractivity contribution in [1.82, 2.24) is 5.32 Å². The number of amides is 2. The van der Waals surface area contributed by atoms with E-state index in [1.165, 1.54) is 11.1 Å². The minimum absolute atomic E-state index is 0.0632. The van der Waals surface area contributed by atoms with E-state index < -0.39 is 17.7 Å². The van der Waals surface area contributed by atoms with E-state index in [0.717, 1.165) is 5.56 Å². The molecule has 7 heteroatoms. The van der Waals surface area contributed by atoms with Crippen LogP contribution in [0.2, 0.25) is 0 Å². The molecule has 1 aliphatic heterocycles. The molecule has 0 bridgehead atoms. The van der Waals surface area contributed by atoms with Crippen LogP contribution < -0.4 is 15.0 Å². The number of nitrogens with zero attached hydrogens (tertiary/aromatic N) is 2. The number of carbonyl (C=O) groups excluding carboxylic acids is 2. The van der Waals surface area contributed by atoms with Gasteiger partial charge in [-0.05, 0) is 50.3 Å². The summed E-state index contributed by atoms with van der Waals surface area (Å²) in [6.45, 7) is 4.32. The zero-order chi connectivity index (χ0) is 19.4. The van der Waals surface area contributed by atoms with Crippen LogP contribution in [0.5, 0.6) is 5.75 Å². The SMILES string of the molecule is CCOc1ccccc1N=C[C@H]1C(=O)NC(=S)N(c2ccc(C)cc2)C1=O. The Morgan fingerprint density at radius 1 is 1.19 bits per heavy atom. The van der Waals surface area contributed by atoms with Crippen molar-refractivity contribution in [2.24, 2.45) is 10.9 Å². The highest BCUT2D eigenvalue weighted by molar-refractivity contribution is 7.80. The van der Waals surface area contributed by atoms with E-state index in [0.29, 0.717) is 23.7 Å². The third-order valence-corrected chi connectivity index (χ3v) is 4.31. The number of hydrogen-bond acceptors (Lipinski definition) is 5. The molecule has 0 aliphatic carbocycles. The second-order valence-electron chi connectivity index (χ2n) is 5.96. The summed E-state index contributed by atoms with van der Waals surface area (Å²) in [4.78, 5) is 30.9. The fraction of sp³-hybridized carbons (Fsp3) is 0.200. The summed E-state index contributed by atoms with van der Waals surface area (Å²) in [5.74, 6) is -1.42. The Morgan fingerprint density at radius 2 is 1.89 bits per heavy atom. The second-order valence-corrected chi connectivity index (χ2v) is 6.35. The molecule has 1 atom stereocenters. The molecule has 1 saturated heterocycles. The van der Waals surface area contributed by atoms with Gasteiger partial charge in [-0.2, -0.15) is 0 Å². The van der Waals surface area contributed by atoms with Crippen LogP contribution in [0.15, 0.2) is 53.5 Å². The zero-order valence-electron chi connectivity index (χ0n) is 15.0. The first-order valence-electron chi connectivity index (χ1n) is 8.52. The van der Waals surface area contributed by atoms with E-state index in [1.807, 2.05) is 38.1 Å². The van der Waals surface area contributed by atoms with Crippen molar-refractivity contribution in [2.75, 3.05) is 11.5 Å². The number of thiocarbonyl (C=S) groups is 1. The zero-order valence-corrected chi connectivity index (χ0v) is 15.8. The quantitative estimate of drug-likeness (QED) is 0.491. The molecule has 2 amide bonds. The standard InChI is InChI=1S/C20H19N3O3S/c1-3-26-17-7-5-4-6-16(17)21-12-15-18(24)22-20(27)23(19(15)25)14-10-8-13(2)9-11-14/h4-12,15H,3H2,1-2H3,(H,22,24,27)/t15-/m0/s1. The molecule has 1 aliphatic rings. The van der Waals surface area contributed by atoms with Crippen LogP contribution in [0.4, 0.5) is 11.4 Å². The summed E-state index contributed by atoms with van der Waals surface area (Å²) in [7, 11) is 0. The number of nitrogens with one attached hydrogen (secondary N) is 1. The monoisotopic (exact) mass is 381 g/mol. The third-order valence-electron chi connectivity index (χ3n) is 4.02. The molecule has 1 heterocycles. The van der Waals surface area contributed by atoms with Gasteiger partial charge in [0, 0.05) is 6.21 Å². The van der Waals surface area contributed by atoms with E-state index in [-0.39, 0.29) is 5.11 Å². The van der Waals surface area contributed by atoms with Crippen molar-refractivity contribution >= 4 is 46.7 Å². The van der Waals surface area contributed by atoms with Crippen molar-refractivity contribution in [3.8, 4) is 5.75 Å². The lowest BCUT2D eigenvalue weighted by molar-refractivity contribution is -0.130. The lowest BCUT2D eigenvalue weighted by Gasteiger charge is -2.31. The molecule has 0 aromatic heterocycles. The number of hydrogen-bond donors (Lipinski definition) is 1. The van der Waals surface area contributed by atoms with Gasteiger partial charge in [0.15, 0.2) is 11.0 Å². The summed E-state index contributed by atoms with van der Waals surface area (Å²) >= 11 is 5.19. The van der Waals surface area contributed by atoms with Gasteiger partial charge in [-0.1, -0.05) is 29.8 Å². The maximum absolute atomic E-state index is 12.9. The number of carbonyl (C=O) groups is 2. The molecule has 27 heavy (non-hydrogen) atoms. The molecule has 0 unspecified atom stereocenters. The van der Waals surface area contributed by atoms with Crippen molar-refractivity contribution in [1.29, 1.82) is 0 Å². The Morgan fingerprint density at radius 3 is 2.59 bits per heavy atom. The molecular weight excluding hydrogens is 362 g/mol. The molecule has 1 fully saturated rings. The molecule has 3 rings (SSSR count). The molecule has 2 aromatic carbocycles. The average Bonchev–Trinajstić information content (AvgIpc) is 2.64. The molecule has 0 spiro atoms. The first kappa shape index (κ1) is 18.7. The van der Waals surface area contributed by atoms with Gasteiger partial charge >= 0.3 is 0 Å². The highest BCUT2D eigenvalue weighted by Gasteiger charge is 2.38. The first-order valence-corrected chi connectivity index (χ1v) is 8.93. The predicted octanol–water partition coefficient (Wildman–Crippen LogP) is 3.16. The number of anilines is 1. The Hall–Kier alpha value is -3.06. The van der Waals surface area contributed by atoms with Crippen molar-refractivity contribution in [2.45, 2.75) is 13.8 Å². The average molecular weight is 381 g/mol. The van der Waals surface area contributed by atoms with Crippen LogP contribution in [0.3, 0.4) is 0 Å². The molecule has 0 radical (unpaired) electrons. The smallest absolute Gasteiger partial charge is 0.251 e. The van der Waals surface area contributed by atoms with Crippen LogP contribution in [-0.2, 0) is 9.59 Å². The Kier molecular flexibility index (Phi) is 5.61. The van der Waals surface area contributed by atoms with Gasteiger partial charge in [-0.25, -0.2) is 0 Å². The van der Waals surface area contributed by atoms with Crippen molar-refractivity contribution in [3.63, 3.8) is 0 Å². The topological polar surface area (TPSA) is 71.0 Å². The van der Waals surface area contributed by atoms with E-state index >= 15 is 0 Å². The number of benzene rings is 2. The number of aryl methyl sites for hydroxylation is 1. The van der Waals surface area contributed by atoms with Gasteiger partial charge in [0.05, 0.1) is 12.3 Å². The highest BCUT2D eigenvalue weighted by Crippen LogP contribution is 2.27. The van der Waals surface area contributed by atoms with Crippen LogP contribution in [0, 0.1) is 12.8 Å². The van der Waals surface area contributed by atoms with Gasteiger partial charge in [0.2, 0.25) is 5.91 Å². The molecular formula is C20H19N3O3S. The summed E-state index contributed by atoms with van der Waals surface area (Å²) in [5.41, 5.74) is 2.21. The predicted molar refractivity (Wildman–Crippen MR) is 109 cm³/mol. The van der Waals surface area contributed by atoms with Crippen molar-refractivity contribution < 1.29 is 14.3 Å². The Bertz CT molecular complexity index is 909. The largest absolute Gasteiger partial charge is 0.492 e. The van der Waals surface area contributed by atoms with Gasteiger partial charge in [0.1, 0.15) is 11.4 Å². The summed E-state index contributed by atoms with van der Waals surface area (Å²) in [5, 5.41) is 2.64. The van der Waals surface area contributed by atoms with Crippen LogP contribution in [0.25, 0.3) is 0 Å². The van der Waals surface area contributed by atoms with E-state index in [9.17, 15) is 9.59 Å². The minimum atomic E-state index is -1.08. The summed E-state index contributed by atoms with van der Waals surface area (Å²) in [6.07, 6.45) is 1.33. The molecule has 0 saturated carbocycles. The number of rotatable bonds is 5. The Labute approximate surface area is 162 Å². The van der Waals surface area contributed by atoms with Gasteiger partial charge in [-0.15, -0.1) is 0 Å². The van der Waals surface area contributed by atoms with Gasteiger partial charge < -0.3 is 10.1 Å². The maximum Gasteiger partial charge on any atom is 0.251 e. The normalized spacial score (nSPS) is 17.3. The van der Waals surface area contributed by atoms with Gasteiger partial charge in [-0.3, -0.25) is 19.5 Å². The second kappa shape index (κ2) is 8.09. The molecule has 138 valence electrons.